The highest BCUT2D eigenvalue weighted by Crippen LogP contribution is 2.08. The molecular formula is C10H15N3O3. The second kappa shape index (κ2) is 5.09. The third-order valence-corrected chi connectivity index (χ3v) is 2.47. The maximum Gasteiger partial charge on any atom is 0.276 e. The highest BCUT2D eigenvalue weighted by Gasteiger charge is 2.21. The molecule has 2 rings (SSSR count). The molecule has 0 aromatic carbocycles. The number of rotatable bonds is 3. The van der Waals surface area contributed by atoms with Crippen LogP contribution in [0, 0.1) is 0 Å². The van der Waals surface area contributed by atoms with E-state index in [1.165, 1.54) is 0 Å². The molecule has 2 heterocycles. The van der Waals surface area contributed by atoms with Crippen molar-refractivity contribution in [3.63, 3.8) is 0 Å². The minimum atomic E-state index is -0.0763. The zero-order valence-electron chi connectivity index (χ0n) is 9.23. The Bertz CT molecular complexity index is 358. The normalized spacial score (nSPS) is 16.4. The maximum atomic E-state index is 12.0. The van der Waals surface area contributed by atoms with Crippen molar-refractivity contribution in [1.82, 2.24) is 15.4 Å². The van der Waals surface area contributed by atoms with Crippen LogP contribution < -0.4 is 5.32 Å². The molecule has 1 aliphatic heterocycles. The predicted molar refractivity (Wildman–Crippen MR) is 56.0 cm³/mol. The Morgan fingerprint density at radius 2 is 2.38 bits per heavy atom. The summed E-state index contributed by atoms with van der Waals surface area (Å²) in [7, 11) is 1.57. The van der Waals surface area contributed by atoms with Gasteiger partial charge >= 0.3 is 0 Å². The van der Waals surface area contributed by atoms with Crippen molar-refractivity contribution in [3.8, 4) is 0 Å². The lowest BCUT2D eigenvalue weighted by Gasteiger charge is -2.26. The molecule has 0 atom stereocenters. The molecule has 1 aliphatic rings. The molecule has 0 spiro atoms. The molecule has 0 saturated carbocycles. The lowest BCUT2D eigenvalue weighted by molar-refractivity contribution is 0.0725. The quantitative estimate of drug-likeness (QED) is 0.776. The number of aromatic nitrogens is 1. The third-order valence-electron chi connectivity index (χ3n) is 2.47. The SMILES string of the molecule is COCc1cc(C(=O)N2CCNCC2)no1. The first-order valence-electron chi connectivity index (χ1n) is 5.26. The van der Waals surface area contributed by atoms with Crippen LogP contribution in [0.3, 0.4) is 0 Å². The highest BCUT2D eigenvalue weighted by atomic mass is 16.5. The molecule has 1 aromatic rings. The van der Waals surface area contributed by atoms with Gasteiger partial charge in [-0.2, -0.15) is 0 Å². The zero-order chi connectivity index (χ0) is 11.4. The fourth-order valence-electron chi connectivity index (χ4n) is 1.65. The number of piperazine rings is 1. The van der Waals surface area contributed by atoms with Gasteiger partial charge in [0.1, 0.15) is 6.61 Å². The Balaban J connectivity index is 2.01. The van der Waals surface area contributed by atoms with Gasteiger partial charge in [-0.3, -0.25) is 4.79 Å². The Morgan fingerprint density at radius 1 is 1.62 bits per heavy atom. The average Bonchev–Trinajstić information content (AvgIpc) is 2.78. The van der Waals surface area contributed by atoms with Crippen LogP contribution in [-0.4, -0.2) is 49.3 Å². The molecule has 6 heteroatoms. The first-order chi connectivity index (χ1) is 7.81. The van der Waals surface area contributed by atoms with Crippen molar-refractivity contribution in [2.24, 2.45) is 0 Å². The topological polar surface area (TPSA) is 67.6 Å². The van der Waals surface area contributed by atoms with Gasteiger partial charge < -0.3 is 19.5 Å². The van der Waals surface area contributed by atoms with E-state index in [9.17, 15) is 4.79 Å². The summed E-state index contributed by atoms with van der Waals surface area (Å²) in [6.07, 6.45) is 0. The summed E-state index contributed by atoms with van der Waals surface area (Å²) in [5.41, 5.74) is 0.356. The Hall–Kier alpha value is -1.40. The van der Waals surface area contributed by atoms with Crippen LogP contribution in [-0.2, 0) is 11.3 Å². The van der Waals surface area contributed by atoms with Gasteiger partial charge in [0.05, 0.1) is 0 Å². The van der Waals surface area contributed by atoms with Crippen molar-refractivity contribution >= 4 is 5.91 Å². The number of carbonyl (C=O) groups excluding carboxylic acids is 1. The zero-order valence-corrected chi connectivity index (χ0v) is 9.23. The molecular weight excluding hydrogens is 210 g/mol. The van der Waals surface area contributed by atoms with Gasteiger partial charge in [-0.15, -0.1) is 0 Å². The Morgan fingerprint density at radius 3 is 3.06 bits per heavy atom. The summed E-state index contributed by atoms with van der Waals surface area (Å²) in [5.74, 6) is 0.494. The lowest BCUT2D eigenvalue weighted by Crippen LogP contribution is -2.46. The van der Waals surface area contributed by atoms with Gasteiger partial charge in [-0.05, 0) is 0 Å². The number of ether oxygens (including phenoxy) is 1. The smallest absolute Gasteiger partial charge is 0.276 e. The summed E-state index contributed by atoms with van der Waals surface area (Å²) in [6.45, 7) is 3.42. The number of hydrogen-bond donors (Lipinski definition) is 1. The first-order valence-corrected chi connectivity index (χ1v) is 5.26. The van der Waals surface area contributed by atoms with Crippen LogP contribution in [0.25, 0.3) is 0 Å². The lowest BCUT2D eigenvalue weighted by atomic mass is 10.3. The van der Waals surface area contributed by atoms with Crippen LogP contribution in [0.1, 0.15) is 16.2 Å². The Labute approximate surface area is 93.5 Å². The number of carbonyl (C=O) groups is 1. The number of nitrogens with zero attached hydrogens (tertiary/aromatic N) is 2. The molecule has 1 amide bonds. The average molecular weight is 225 g/mol. The van der Waals surface area contributed by atoms with Gasteiger partial charge in [0.15, 0.2) is 11.5 Å². The van der Waals surface area contributed by atoms with Crippen LogP contribution in [0.15, 0.2) is 10.6 Å². The highest BCUT2D eigenvalue weighted by molar-refractivity contribution is 5.92. The summed E-state index contributed by atoms with van der Waals surface area (Å²) >= 11 is 0. The summed E-state index contributed by atoms with van der Waals surface area (Å²) in [5, 5.41) is 6.93. The largest absolute Gasteiger partial charge is 0.377 e. The van der Waals surface area contributed by atoms with Gasteiger partial charge in [0.25, 0.3) is 5.91 Å². The molecule has 1 aromatic heterocycles. The number of methoxy groups -OCH3 is 1. The van der Waals surface area contributed by atoms with Gasteiger partial charge in [-0.25, -0.2) is 0 Å². The first kappa shape index (κ1) is 11.1. The minimum Gasteiger partial charge on any atom is -0.377 e. The monoisotopic (exact) mass is 225 g/mol. The molecule has 0 unspecified atom stereocenters. The van der Waals surface area contributed by atoms with E-state index >= 15 is 0 Å². The third kappa shape index (κ3) is 2.40. The van der Waals surface area contributed by atoms with Gasteiger partial charge in [-0.1, -0.05) is 5.16 Å². The van der Waals surface area contributed by atoms with E-state index in [2.05, 4.69) is 10.5 Å². The van der Waals surface area contributed by atoms with Crippen LogP contribution in [0.4, 0.5) is 0 Å². The van der Waals surface area contributed by atoms with E-state index < -0.39 is 0 Å². The van der Waals surface area contributed by atoms with E-state index in [1.54, 1.807) is 18.1 Å². The second-order valence-electron chi connectivity index (χ2n) is 3.65. The fraction of sp³-hybridized carbons (Fsp3) is 0.600. The van der Waals surface area contributed by atoms with Crippen molar-refractivity contribution < 1.29 is 14.1 Å². The van der Waals surface area contributed by atoms with Crippen LogP contribution in [0.5, 0.6) is 0 Å². The van der Waals surface area contributed by atoms with E-state index in [1.807, 2.05) is 0 Å². The molecule has 0 radical (unpaired) electrons. The van der Waals surface area contributed by atoms with E-state index in [0.29, 0.717) is 31.2 Å². The molecule has 0 aliphatic carbocycles. The second-order valence-corrected chi connectivity index (χ2v) is 3.65. The van der Waals surface area contributed by atoms with Crippen LogP contribution in [0.2, 0.25) is 0 Å². The predicted octanol–water partition coefficient (Wildman–Crippen LogP) is -0.134. The number of nitrogens with one attached hydrogen (secondary N) is 1. The summed E-state index contributed by atoms with van der Waals surface area (Å²) in [6, 6.07) is 1.63. The molecule has 6 nitrogen and oxygen atoms in total. The van der Waals surface area contributed by atoms with Gasteiger partial charge in [0, 0.05) is 39.4 Å². The van der Waals surface area contributed by atoms with E-state index in [0.717, 1.165) is 13.1 Å². The van der Waals surface area contributed by atoms with E-state index in [4.69, 9.17) is 9.26 Å². The van der Waals surface area contributed by atoms with Crippen molar-refractivity contribution in [1.29, 1.82) is 0 Å². The molecule has 88 valence electrons. The fourth-order valence-corrected chi connectivity index (χ4v) is 1.65. The molecule has 1 fully saturated rings. The standard InChI is InChI=1S/C10H15N3O3/c1-15-7-8-6-9(12-16-8)10(14)13-4-2-11-3-5-13/h6,11H,2-5,7H2,1H3. The summed E-state index contributed by atoms with van der Waals surface area (Å²) in [4.78, 5) is 13.7. The maximum absolute atomic E-state index is 12.0. The molecule has 16 heavy (non-hydrogen) atoms. The van der Waals surface area contributed by atoms with Crippen molar-refractivity contribution in [2.75, 3.05) is 33.3 Å². The van der Waals surface area contributed by atoms with Crippen molar-refractivity contribution in [2.45, 2.75) is 6.61 Å². The molecule has 0 bridgehead atoms. The minimum absolute atomic E-state index is 0.0763. The number of amides is 1. The molecule has 1 saturated heterocycles. The van der Waals surface area contributed by atoms with E-state index in [-0.39, 0.29) is 5.91 Å². The number of hydrogen-bond acceptors (Lipinski definition) is 5. The Kier molecular flexibility index (Phi) is 3.53. The summed E-state index contributed by atoms with van der Waals surface area (Å²) < 4.78 is 9.88. The van der Waals surface area contributed by atoms with Crippen molar-refractivity contribution in [3.05, 3.63) is 17.5 Å². The molecule has 1 N–H and O–H groups in total. The van der Waals surface area contributed by atoms with Gasteiger partial charge in [0.2, 0.25) is 0 Å². The van der Waals surface area contributed by atoms with Crippen LogP contribution >= 0.6 is 0 Å².